The van der Waals surface area contributed by atoms with E-state index < -0.39 is 144 Å². The first-order valence-electron chi connectivity index (χ1n) is 56.6. The maximum atomic E-state index is 12.2. The molecule has 0 aliphatic heterocycles. The van der Waals surface area contributed by atoms with Crippen molar-refractivity contribution in [2.75, 3.05) is 167 Å². The van der Waals surface area contributed by atoms with E-state index in [1.165, 1.54) is 238 Å². The third-order valence-corrected chi connectivity index (χ3v) is 31.7. The second-order valence-electron chi connectivity index (χ2n) is 40.7. The van der Waals surface area contributed by atoms with Crippen molar-refractivity contribution in [2.24, 2.45) is 0 Å². The van der Waals surface area contributed by atoms with Crippen molar-refractivity contribution in [3.8, 4) is 0 Å². The third-order valence-electron chi connectivity index (χ3n) is 27.0. The van der Waals surface area contributed by atoms with Crippen molar-refractivity contribution in [3.63, 3.8) is 0 Å². The zero-order chi connectivity index (χ0) is 109. The highest BCUT2D eigenvalue weighted by molar-refractivity contribution is 7.87. The van der Waals surface area contributed by atoms with E-state index in [0.717, 1.165) is 141 Å². The fourth-order valence-electron chi connectivity index (χ4n) is 19.0. The lowest BCUT2D eigenvalue weighted by atomic mass is 9.95. The first-order valence-corrected chi connectivity index (χ1v) is 66.0. The Bertz CT molecular complexity index is 3760. The fraction of sp³-hybridized carbons (Fsp3) is 0.981. The van der Waals surface area contributed by atoms with Gasteiger partial charge in [0.1, 0.15) is 12.2 Å². The summed E-state index contributed by atoms with van der Waals surface area (Å²) in [7, 11) is -22.9. The van der Waals surface area contributed by atoms with Gasteiger partial charge >= 0.3 is 11.9 Å². The van der Waals surface area contributed by atoms with E-state index in [-0.39, 0.29) is 72.2 Å². The minimum Gasteiger partial charge on any atom is -0.748 e. The van der Waals surface area contributed by atoms with Crippen molar-refractivity contribution >= 4 is 72.6 Å². The molecule has 6 aliphatic rings. The Balaban J connectivity index is 0.000000897. The first kappa shape index (κ1) is 143. The standard InChI is InChI=1S/C27H53NO5S.C26H51NO5S.C14H29NO6S.C13H27NO6S.C12H25NO5S.C11H23NO5S/c1-2-3-4-5-6-7-8-9-10-11-12-13-14-15-19-22-27(29)33-26(24-34(30,31)32)23-28-25-20-17-16-18-21-25;1-2-3-4-5-6-7-8-9-10-11-12-13-14-18-21-26(28)32-25(23-33(29,30)31)22-27-24-19-16-15-17-20-24;1-19-7-8-20-9-10-21-14(12-22(16,17)18)11-15-13-5-3-2-4-6-13;15-6-7-19-8-9-20-13(11-21(16,17)18)10-14-12-4-2-1-3-5-12;1-17-7-8-18-12(10-19(14,15)16)9-13-11-5-3-2-4-6-11;13-6-7-17-11(9-18(14,15)16)8-12-10-4-2-1-3-5-10/h25-26,28H,2-24H2,1H3,(H,30,31,32);24-25,27H,2-23H2,1H3,(H,29,30,31);13-15H,2-12H2,1H3,(H,16,17,18);12-15H,1-11H2,(H,16,17,18);11-13H,2-10H2,1H3,(H,14,15,16);10-13H,1-9H2,(H,14,15,16)/p-6. The summed E-state index contributed by atoms with van der Waals surface area (Å²) in [5.74, 6) is -4.18. The van der Waals surface area contributed by atoms with Crippen LogP contribution in [-0.4, -0.2) is 340 Å². The number of hydrogen-bond donors (Lipinski definition) is 8. The van der Waals surface area contributed by atoms with Gasteiger partial charge in [0.05, 0.1) is 199 Å². The fourth-order valence-corrected chi connectivity index (χ4v) is 23.0. The van der Waals surface area contributed by atoms with Crippen LogP contribution in [0.25, 0.3) is 0 Å². The Kier molecular flexibility index (Phi) is 91.1. The van der Waals surface area contributed by atoms with Crippen LogP contribution in [0, 0.1) is 0 Å². The maximum Gasteiger partial charge on any atom is 0.306 e. The Morgan fingerprint density at radius 2 is 0.422 bits per heavy atom. The predicted molar refractivity (Wildman–Crippen MR) is 569 cm³/mol. The van der Waals surface area contributed by atoms with E-state index >= 15 is 0 Å². The van der Waals surface area contributed by atoms with Gasteiger partial charge < -0.3 is 117 Å². The van der Waals surface area contributed by atoms with E-state index in [0.29, 0.717) is 95.5 Å². The molecule has 6 fully saturated rings. The van der Waals surface area contributed by atoms with E-state index in [4.69, 9.17) is 57.6 Å². The van der Waals surface area contributed by atoms with Gasteiger partial charge in [-0.05, 0) is 89.9 Å². The third kappa shape index (κ3) is 99.1. The molecule has 6 rings (SSSR count). The summed E-state index contributed by atoms with van der Waals surface area (Å²) in [6.07, 6.45) is 67.2. The number of aliphatic hydroxyl groups excluding tert-OH is 2. The molecular formula is C103H202N6O32S6-6. The zero-order valence-corrected chi connectivity index (χ0v) is 95.5. The maximum absolute atomic E-state index is 12.2. The molecule has 147 heavy (non-hydrogen) atoms. The molecule has 878 valence electrons. The van der Waals surface area contributed by atoms with Crippen LogP contribution in [-0.2, 0) is 118 Å². The molecule has 0 amide bonds. The molecule has 6 aliphatic carbocycles. The summed E-state index contributed by atoms with van der Waals surface area (Å²) in [6.45, 7) is 9.18. The Morgan fingerprint density at radius 3 is 0.633 bits per heavy atom. The predicted octanol–water partition coefficient (Wildman–Crippen LogP) is 13.5. The lowest BCUT2D eigenvalue weighted by molar-refractivity contribution is -0.149. The second-order valence-corrected chi connectivity index (χ2v) is 49.4. The lowest BCUT2D eigenvalue weighted by Crippen LogP contribution is -2.41. The molecule has 0 saturated heterocycles. The number of carbonyl (C=O) groups excluding carboxylic acids is 2. The first-order chi connectivity index (χ1) is 70.3. The molecule has 0 aromatic heterocycles. The molecule has 0 radical (unpaired) electrons. The minimum absolute atomic E-state index is 0.0481. The summed E-state index contributed by atoms with van der Waals surface area (Å²) in [6, 6.07) is 2.21. The number of aliphatic hydroxyl groups is 2. The van der Waals surface area contributed by atoms with Gasteiger partial charge in [-0.15, -0.1) is 0 Å². The van der Waals surface area contributed by atoms with E-state index in [9.17, 15) is 87.4 Å². The highest BCUT2D eigenvalue weighted by Crippen LogP contribution is 2.25. The summed E-state index contributed by atoms with van der Waals surface area (Å²) < 4.78 is 250. The van der Waals surface area contributed by atoms with Crippen LogP contribution in [0.1, 0.15) is 406 Å². The molecule has 8 N–H and O–H groups in total. The van der Waals surface area contributed by atoms with E-state index in [1.807, 2.05) is 0 Å². The lowest BCUT2D eigenvalue weighted by Gasteiger charge is -2.26. The molecule has 0 aromatic rings. The second kappa shape index (κ2) is 93.8. The molecule has 6 unspecified atom stereocenters. The number of rotatable bonds is 83. The number of ether oxygens (including phenoxy) is 10. The molecular weight excluding hydrogens is 2030 g/mol. The van der Waals surface area contributed by atoms with Gasteiger partial charge in [-0.1, -0.05) is 303 Å². The Hall–Kier alpha value is -2.24. The molecule has 38 nitrogen and oxygen atoms in total. The average Bonchev–Trinajstić information content (AvgIpc) is 0.976. The number of carbonyl (C=O) groups is 2. The van der Waals surface area contributed by atoms with Crippen LogP contribution in [0.5, 0.6) is 0 Å². The van der Waals surface area contributed by atoms with Gasteiger partial charge in [0.15, 0.2) is 0 Å². The number of esters is 2. The Morgan fingerprint density at radius 1 is 0.245 bits per heavy atom. The molecule has 6 saturated carbocycles. The number of nitrogens with one attached hydrogen (secondary N) is 6. The van der Waals surface area contributed by atoms with Crippen LogP contribution in [0.3, 0.4) is 0 Å². The van der Waals surface area contributed by atoms with Crippen LogP contribution < -0.4 is 31.9 Å². The highest BCUT2D eigenvalue weighted by Gasteiger charge is 2.27. The highest BCUT2D eigenvalue weighted by atomic mass is 32.2. The van der Waals surface area contributed by atoms with Crippen LogP contribution in [0.15, 0.2) is 0 Å². The quantitative estimate of drug-likeness (QED) is 0.0159. The summed E-state index contributed by atoms with van der Waals surface area (Å²) in [5.41, 5.74) is 0. The monoisotopic (exact) mass is 2230 g/mol. The van der Waals surface area contributed by atoms with E-state index in [1.54, 1.807) is 14.2 Å². The normalized spacial score (nSPS) is 17.7. The topological polar surface area (TPSA) is 582 Å². The summed E-state index contributed by atoms with van der Waals surface area (Å²) in [4.78, 5) is 24.3. The van der Waals surface area contributed by atoms with Crippen molar-refractivity contribution in [2.45, 2.75) is 478 Å². The largest absolute Gasteiger partial charge is 0.748 e. The number of unbranched alkanes of at least 4 members (excludes halogenated alkanes) is 27. The molecule has 0 spiro atoms. The molecule has 44 heteroatoms. The molecule has 6 atom stereocenters. The van der Waals surface area contributed by atoms with Gasteiger partial charge in [0.2, 0.25) is 0 Å². The minimum atomic E-state index is -4.44. The Labute approximate surface area is 889 Å². The van der Waals surface area contributed by atoms with Gasteiger partial charge in [0, 0.05) is 103 Å². The van der Waals surface area contributed by atoms with Crippen molar-refractivity contribution in [1.82, 2.24) is 31.9 Å². The SMILES string of the molecule is CCCCCCCCCCCCCCCCC(=O)OC(CNC1CCCCC1)CS(=O)(=O)[O-].CCCCCCCCCCCCCCCCCC(=O)OC(CNC1CCCCC1)CS(=O)(=O)[O-].COCCOC(CNC1CCCCC1)CS(=O)(=O)[O-].COCCOCCOC(CNC1CCCCC1)CS(=O)(=O)[O-].O=S(=O)([O-])CC(CNC1CCCCC1)OCCO.O=S(=O)([O-])CC(CNC1CCCCC1)OCCOCCO. The van der Waals surface area contributed by atoms with E-state index in [2.05, 4.69) is 45.7 Å². The van der Waals surface area contributed by atoms with Crippen LogP contribution in [0.4, 0.5) is 0 Å². The van der Waals surface area contributed by atoms with Crippen LogP contribution >= 0.6 is 0 Å². The van der Waals surface area contributed by atoms with Crippen molar-refractivity contribution < 1.29 is 145 Å². The number of methoxy groups -OCH3 is 2. The van der Waals surface area contributed by atoms with Crippen LogP contribution in [0.2, 0.25) is 0 Å². The van der Waals surface area contributed by atoms with Gasteiger partial charge in [-0.2, -0.15) is 0 Å². The van der Waals surface area contributed by atoms with Gasteiger partial charge in [0.25, 0.3) is 0 Å². The smallest absolute Gasteiger partial charge is 0.306 e. The van der Waals surface area contributed by atoms with Crippen molar-refractivity contribution in [1.29, 1.82) is 0 Å². The van der Waals surface area contributed by atoms with Gasteiger partial charge in [-0.25, -0.2) is 50.5 Å². The summed E-state index contributed by atoms with van der Waals surface area (Å²) in [5, 5.41) is 36.9. The average molecular weight is 2230 g/mol. The number of hydrogen-bond acceptors (Lipinski definition) is 38. The van der Waals surface area contributed by atoms with Gasteiger partial charge in [-0.3, -0.25) is 9.59 Å². The zero-order valence-electron chi connectivity index (χ0n) is 90.6. The molecule has 0 aromatic carbocycles. The van der Waals surface area contributed by atoms with Crippen molar-refractivity contribution in [3.05, 3.63) is 0 Å². The molecule has 0 bridgehead atoms. The molecule has 0 heterocycles. The summed E-state index contributed by atoms with van der Waals surface area (Å²) >= 11 is 0.